The summed E-state index contributed by atoms with van der Waals surface area (Å²) >= 11 is 4.18. The van der Waals surface area contributed by atoms with Crippen LogP contribution in [0.15, 0.2) is 29.2 Å². The van der Waals surface area contributed by atoms with Gasteiger partial charge in [-0.15, -0.1) is 12.6 Å². The Balaban J connectivity index is 2.71. The van der Waals surface area contributed by atoms with Crippen LogP contribution in [0.25, 0.3) is 0 Å². The van der Waals surface area contributed by atoms with Crippen molar-refractivity contribution in [1.29, 1.82) is 0 Å². The van der Waals surface area contributed by atoms with E-state index in [9.17, 15) is 9.59 Å². The first-order chi connectivity index (χ1) is 8.93. The second-order valence-corrected chi connectivity index (χ2v) is 5.10. The van der Waals surface area contributed by atoms with Crippen LogP contribution in [0.3, 0.4) is 0 Å². The first-order valence-electron chi connectivity index (χ1n) is 6.31. The van der Waals surface area contributed by atoms with Crippen LogP contribution >= 0.6 is 12.6 Å². The third-order valence-electron chi connectivity index (χ3n) is 2.57. The Hall–Kier alpha value is -1.49. The van der Waals surface area contributed by atoms with Crippen LogP contribution in [0.4, 0.5) is 0 Å². The molecule has 104 valence electrons. The van der Waals surface area contributed by atoms with Gasteiger partial charge in [0.2, 0.25) is 5.91 Å². The van der Waals surface area contributed by atoms with Crippen molar-refractivity contribution in [2.75, 3.05) is 13.1 Å². The normalized spacial score (nSPS) is 10.4. The first-order valence-corrected chi connectivity index (χ1v) is 6.76. The third kappa shape index (κ3) is 4.95. The second-order valence-electron chi connectivity index (χ2n) is 4.59. The molecule has 0 unspecified atom stereocenters. The number of hydrogen-bond acceptors (Lipinski definition) is 3. The van der Waals surface area contributed by atoms with Gasteiger partial charge in [-0.25, -0.2) is 0 Å². The van der Waals surface area contributed by atoms with Crippen molar-refractivity contribution in [3.63, 3.8) is 0 Å². The minimum Gasteiger partial charge on any atom is -0.352 e. The molecule has 0 fully saturated rings. The Bertz CT molecular complexity index is 443. The Morgan fingerprint density at radius 2 is 1.84 bits per heavy atom. The predicted molar refractivity (Wildman–Crippen MR) is 78.6 cm³/mol. The van der Waals surface area contributed by atoms with Crippen molar-refractivity contribution in [3.8, 4) is 0 Å². The minimum atomic E-state index is -0.144. The second kappa shape index (κ2) is 7.19. The van der Waals surface area contributed by atoms with Gasteiger partial charge in [0.15, 0.2) is 0 Å². The van der Waals surface area contributed by atoms with Gasteiger partial charge in [0.1, 0.15) is 0 Å². The number of nitrogens with zero attached hydrogens (tertiary/aromatic N) is 1. The van der Waals surface area contributed by atoms with E-state index < -0.39 is 0 Å². The van der Waals surface area contributed by atoms with Crippen molar-refractivity contribution in [2.24, 2.45) is 0 Å². The Morgan fingerprint density at radius 1 is 1.26 bits per heavy atom. The highest BCUT2D eigenvalue weighted by Gasteiger charge is 2.17. The van der Waals surface area contributed by atoms with Crippen molar-refractivity contribution in [1.82, 2.24) is 10.2 Å². The maximum absolute atomic E-state index is 12.2. The molecule has 1 aromatic carbocycles. The van der Waals surface area contributed by atoms with E-state index in [0.29, 0.717) is 12.1 Å². The number of amides is 2. The van der Waals surface area contributed by atoms with Crippen LogP contribution in [0, 0.1) is 0 Å². The topological polar surface area (TPSA) is 49.4 Å². The summed E-state index contributed by atoms with van der Waals surface area (Å²) in [6, 6.07) is 7.03. The lowest BCUT2D eigenvalue weighted by Gasteiger charge is -2.21. The number of carbonyl (C=O) groups is 2. The highest BCUT2D eigenvalue weighted by Crippen LogP contribution is 2.10. The van der Waals surface area contributed by atoms with Crippen LogP contribution in [0.2, 0.25) is 0 Å². The van der Waals surface area contributed by atoms with Crippen molar-refractivity contribution >= 4 is 24.4 Å². The van der Waals surface area contributed by atoms with Crippen LogP contribution in [0.1, 0.15) is 31.1 Å². The molecule has 0 radical (unpaired) electrons. The van der Waals surface area contributed by atoms with E-state index in [2.05, 4.69) is 17.9 Å². The fourth-order valence-corrected chi connectivity index (χ4v) is 1.80. The van der Waals surface area contributed by atoms with Gasteiger partial charge in [-0.1, -0.05) is 0 Å². The fraction of sp³-hybridized carbons (Fsp3) is 0.429. The Labute approximate surface area is 119 Å². The standard InChI is InChI=1S/C14H20N2O2S/c1-4-16(9-13(17)15-10(2)3)14(18)11-5-7-12(19)8-6-11/h5-8,10,19H,4,9H2,1-3H3,(H,15,17). The Morgan fingerprint density at radius 3 is 2.32 bits per heavy atom. The molecule has 0 aliphatic rings. The molecule has 0 aliphatic heterocycles. The lowest BCUT2D eigenvalue weighted by atomic mass is 10.2. The Kier molecular flexibility index (Phi) is 5.89. The molecular weight excluding hydrogens is 260 g/mol. The summed E-state index contributed by atoms with van der Waals surface area (Å²) in [5.74, 6) is -0.286. The zero-order valence-electron chi connectivity index (χ0n) is 11.5. The molecular formula is C14H20N2O2S. The molecule has 4 nitrogen and oxygen atoms in total. The van der Waals surface area contributed by atoms with Crippen LogP contribution < -0.4 is 5.32 Å². The lowest BCUT2D eigenvalue weighted by molar-refractivity contribution is -0.122. The molecule has 0 saturated carbocycles. The molecule has 1 aromatic rings. The molecule has 0 bridgehead atoms. The van der Waals surface area contributed by atoms with Crippen molar-refractivity contribution in [3.05, 3.63) is 29.8 Å². The number of hydrogen-bond donors (Lipinski definition) is 2. The number of benzene rings is 1. The number of nitrogens with one attached hydrogen (secondary N) is 1. The van der Waals surface area contributed by atoms with Crippen molar-refractivity contribution in [2.45, 2.75) is 31.7 Å². The molecule has 2 amide bonds. The molecule has 19 heavy (non-hydrogen) atoms. The van der Waals surface area contributed by atoms with E-state index in [1.165, 1.54) is 4.90 Å². The molecule has 5 heteroatoms. The molecule has 0 heterocycles. The molecule has 0 aliphatic carbocycles. The predicted octanol–water partition coefficient (Wildman–Crippen LogP) is 1.96. The summed E-state index contributed by atoms with van der Waals surface area (Å²) in [4.78, 5) is 26.2. The van der Waals surface area contributed by atoms with Gasteiger partial charge in [-0.2, -0.15) is 0 Å². The van der Waals surface area contributed by atoms with Gasteiger partial charge in [0, 0.05) is 23.0 Å². The van der Waals surface area contributed by atoms with Gasteiger partial charge in [0.05, 0.1) is 6.54 Å². The number of likely N-dealkylation sites (N-methyl/N-ethyl adjacent to an activating group) is 1. The molecule has 0 saturated heterocycles. The number of carbonyl (C=O) groups excluding carboxylic acids is 2. The summed E-state index contributed by atoms with van der Waals surface area (Å²) < 4.78 is 0. The lowest BCUT2D eigenvalue weighted by Crippen LogP contribution is -2.42. The highest BCUT2D eigenvalue weighted by molar-refractivity contribution is 7.80. The fourth-order valence-electron chi connectivity index (χ4n) is 1.65. The average Bonchev–Trinajstić information content (AvgIpc) is 2.35. The van der Waals surface area contributed by atoms with E-state index in [4.69, 9.17) is 0 Å². The first kappa shape index (κ1) is 15.6. The highest BCUT2D eigenvalue weighted by atomic mass is 32.1. The molecule has 1 rings (SSSR count). The number of thiol groups is 1. The summed E-state index contributed by atoms with van der Waals surface area (Å²) in [5.41, 5.74) is 0.567. The monoisotopic (exact) mass is 280 g/mol. The van der Waals surface area contributed by atoms with E-state index in [1.54, 1.807) is 24.3 Å². The maximum atomic E-state index is 12.2. The third-order valence-corrected chi connectivity index (χ3v) is 2.87. The zero-order chi connectivity index (χ0) is 14.4. The molecule has 0 aromatic heterocycles. The molecule has 0 spiro atoms. The van der Waals surface area contributed by atoms with E-state index in [-0.39, 0.29) is 24.4 Å². The van der Waals surface area contributed by atoms with Gasteiger partial charge < -0.3 is 10.2 Å². The van der Waals surface area contributed by atoms with E-state index >= 15 is 0 Å². The van der Waals surface area contributed by atoms with Crippen LogP contribution in [-0.4, -0.2) is 35.8 Å². The maximum Gasteiger partial charge on any atom is 0.254 e. The average molecular weight is 280 g/mol. The van der Waals surface area contributed by atoms with Crippen LogP contribution in [0.5, 0.6) is 0 Å². The largest absolute Gasteiger partial charge is 0.352 e. The minimum absolute atomic E-state index is 0.0739. The smallest absolute Gasteiger partial charge is 0.254 e. The van der Waals surface area contributed by atoms with Gasteiger partial charge >= 0.3 is 0 Å². The SMILES string of the molecule is CCN(CC(=O)NC(C)C)C(=O)c1ccc(S)cc1. The number of rotatable bonds is 5. The van der Waals surface area contributed by atoms with Gasteiger partial charge in [-0.05, 0) is 45.0 Å². The van der Waals surface area contributed by atoms with Gasteiger partial charge in [-0.3, -0.25) is 9.59 Å². The van der Waals surface area contributed by atoms with Gasteiger partial charge in [0.25, 0.3) is 5.91 Å². The summed E-state index contributed by atoms with van der Waals surface area (Å²) in [6.07, 6.45) is 0. The summed E-state index contributed by atoms with van der Waals surface area (Å²) in [7, 11) is 0. The quantitative estimate of drug-likeness (QED) is 0.810. The van der Waals surface area contributed by atoms with E-state index in [0.717, 1.165) is 4.90 Å². The molecule has 1 N–H and O–H groups in total. The van der Waals surface area contributed by atoms with Crippen molar-refractivity contribution < 1.29 is 9.59 Å². The summed E-state index contributed by atoms with van der Waals surface area (Å²) in [6.45, 7) is 6.21. The van der Waals surface area contributed by atoms with E-state index in [1.807, 2.05) is 20.8 Å². The zero-order valence-corrected chi connectivity index (χ0v) is 12.4. The van der Waals surface area contributed by atoms with Crippen LogP contribution in [-0.2, 0) is 4.79 Å². The molecule has 0 atom stereocenters. The summed E-state index contributed by atoms with van der Waals surface area (Å²) in [5, 5.41) is 2.78.